The highest BCUT2D eigenvalue weighted by Crippen LogP contribution is 2.24. The number of nitrogens with zero attached hydrogens (tertiary/aromatic N) is 3. The zero-order valence-corrected chi connectivity index (χ0v) is 11.2. The molecule has 1 aromatic carbocycles. The maximum absolute atomic E-state index is 5.65. The van der Waals surface area contributed by atoms with E-state index in [-0.39, 0.29) is 0 Å². The highest BCUT2D eigenvalue weighted by molar-refractivity contribution is 6.29. The highest BCUT2D eigenvalue weighted by atomic mass is 35.5. The number of hydrazone groups is 1. The molecule has 1 N–H and O–H groups in total. The van der Waals surface area contributed by atoms with Crippen LogP contribution in [0.5, 0.6) is 5.75 Å². The fourth-order valence-electron chi connectivity index (χ4n) is 1.77. The molecule has 0 saturated heterocycles. The maximum atomic E-state index is 5.65. The third kappa shape index (κ3) is 2.95. The first-order chi connectivity index (χ1) is 9.81. The van der Waals surface area contributed by atoms with Crippen LogP contribution in [-0.2, 0) is 0 Å². The van der Waals surface area contributed by atoms with Crippen LogP contribution >= 0.6 is 11.6 Å². The van der Waals surface area contributed by atoms with E-state index in [1.54, 1.807) is 18.3 Å². The molecule has 100 valence electrons. The zero-order valence-electron chi connectivity index (χ0n) is 10.5. The van der Waals surface area contributed by atoms with Crippen molar-refractivity contribution < 1.29 is 4.74 Å². The molecule has 20 heavy (non-hydrogen) atoms. The summed E-state index contributed by atoms with van der Waals surface area (Å²) in [6, 6.07) is 11.2. The normalized spacial score (nSPS) is 13.6. The van der Waals surface area contributed by atoms with Gasteiger partial charge >= 0.3 is 0 Å². The summed E-state index contributed by atoms with van der Waals surface area (Å²) in [4.78, 5) is 0. The van der Waals surface area contributed by atoms with E-state index in [4.69, 9.17) is 16.3 Å². The van der Waals surface area contributed by atoms with Gasteiger partial charge < -0.3 is 4.74 Å². The lowest BCUT2D eigenvalue weighted by Gasteiger charge is -2.15. The minimum absolute atomic E-state index is 0.347. The summed E-state index contributed by atoms with van der Waals surface area (Å²) in [5.41, 5.74) is 4.80. The molecule has 2 heterocycles. The van der Waals surface area contributed by atoms with Gasteiger partial charge in [-0.15, -0.1) is 10.2 Å². The van der Waals surface area contributed by atoms with Gasteiger partial charge in [-0.1, -0.05) is 29.8 Å². The predicted molar refractivity (Wildman–Crippen MR) is 79.1 cm³/mol. The van der Waals surface area contributed by atoms with Gasteiger partial charge in [-0.25, -0.2) is 0 Å². The van der Waals surface area contributed by atoms with Crippen molar-refractivity contribution in [1.29, 1.82) is 0 Å². The van der Waals surface area contributed by atoms with E-state index in [9.17, 15) is 0 Å². The summed E-state index contributed by atoms with van der Waals surface area (Å²) in [7, 11) is 0. The second-order valence-corrected chi connectivity index (χ2v) is 4.54. The van der Waals surface area contributed by atoms with Crippen molar-refractivity contribution in [2.75, 3.05) is 12.0 Å². The molecule has 1 aliphatic heterocycles. The molecule has 0 spiro atoms. The average molecular weight is 287 g/mol. The molecule has 5 nitrogen and oxygen atoms in total. The monoisotopic (exact) mass is 286 g/mol. The van der Waals surface area contributed by atoms with E-state index in [1.165, 1.54) is 0 Å². The van der Waals surface area contributed by atoms with Crippen molar-refractivity contribution in [2.24, 2.45) is 5.10 Å². The first-order valence-corrected chi connectivity index (χ1v) is 6.40. The summed E-state index contributed by atoms with van der Waals surface area (Å²) in [5, 5.41) is 12.0. The molecular weight excluding hydrogens is 276 g/mol. The minimum atomic E-state index is 0.347. The Morgan fingerprint density at radius 2 is 2.10 bits per heavy atom. The maximum Gasteiger partial charge on any atom is 0.168 e. The standard InChI is InChI=1S/C14H11ClN4O/c15-13-5-6-14(19-17-13)18-16-8-10-7-11-3-1-2-4-12(11)20-9-10/h1-8H,9H2,(H,18,19). The number of halogens is 1. The van der Waals surface area contributed by atoms with Gasteiger partial charge in [-0.05, 0) is 24.3 Å². The third-order valence-corrected chi connectivity index (χ3v) is 2.90. The van der Waals surface area contributed by atoms with Gasteiger partial charge in [0.1, 0.15) is 12.4 Å². The van der Waals surface area contributed by atoms with Crippen molar-refractivity contribution >= 4 is 29.7 Å². The van der Waals surface area contributed by atoms with Gasteiger partial charge in [-0.2, -0.15) is 5.10 Å². The lowest BCUT2D eigenvalue weighted by molar-refractivity contribution is 0.353. The molecule has 0 saturated carbocycles. The van der Waals surface area contributed by atoms with Crippen LogP contribution in [0.1, 0.15) is 5.56 Å². The molecule has 0 bridgehead atoms. The highest BCUT2D eigenvalue weighted by Gasteiger charge is 2.08. The third-order valence-electron chi connectivity index (χ3n) is 2.70. The summed E-state index contributed by atoms with van der Waals surface area (Å²) in [5.74, 6) is 1.42. The smallest absolute Gasteiger partial charge is 0.168 e. The zero-order chi connectivity index (χ0) is 13.8. The Kier molecular flexibility index (Phi) is 3.60. The molecule has 0 atom stereocenters. The molecule has 0 unspecified atom stereocenters. The Morgan fingerprint density at radius 3 is 2.95 bits per heavy atom. The molecule has 0 fully saturated rings. The Morgan fingerprint density at radius 1 is 1.20 bits per heavy atom. The molecule has 1 aliphatic rings. The Bertz CT molecular complexity index is 667. The van der Waals surface area contributed by atoms with Crippen molar-refractivity contribution in [2.45, 2.75) is 0 Å². The van der Waals surface area contributed by atoms with Gasteiger partial charge in [0.25, 0.3) is 0 Å². The quantitative estimate of drug-likeness (QED) is 0.696. The van der Waals surface area contributed by atoms with E-state index < -0.39 is 0 Å². The number of nitrogens with one attached hydrogen (secondary N) is 1. The van der Waals surface area contributed by atoms with Crippen LogP contribution in [0.2, 0.25) is 5.15 Å². The summed E-state index contributed by atoms with van der Waals surface area (Å²) in [6.45, 7) is 0.495. The number of rotatable bonds is 3. The number of para-hydroxylation sites is 1. The molecule has 0 radical (unpaired) electrons. The van der Waals surface area contributed by atoms with Gasteiger partial charge in [0, 0.05) is 11.1 Å². The van der Waals surface area contributed by atoms with Gasteiger partial charge in [-0.3, -0.25) is 5.43 Å². The Balaban J connectivity index is 1.68. The molecule has 2 aromatic rings. The summed E-state index contributed by atoms with van der Waals surface area (Å²) >= 11 is 5.65. The fraction of sp³-hybridized carbons (Fsp3) is 0.0714. The van der Waals surface area contributed by atoms with Crippen LogP contribution in [0.25, 0.3) is 6.08 Å². The van der Waals surface area contributed by atoms with Crippen molar-refractivity contribution in [3.63, 3.8) is 0 Å². The van der Waals surface area contributed by atoms with Crippen LogP contribution in [0, 0.1) is 0 Å². The number of anilines is 1. The number of hydrogen-bond donors (Lipinski definition) is 1. The Labute approximate surface area is 120 Å². The van der Waals surface area contributed by atoms with Gasteiger partial charge in [0.05, 0.1) is 6.21 Å². The first-order valence-electron chi connectivity index (χ1n) is 6.02. The second kappa shape index (κ2) is 5.71. The topological polar surface area (TPSA) is 59.4 Å². The molecule has 0 aliphatic carbocycles. The van der Waals surface area contributed by atoms with Crippen molar-refractivity contribution in [1.82, 2.24) is 10.2 Å². The molecule has 1 aromatic heterocycles. The van der Waals surface area contributed by atoms with Crippen LogP contribution in [0.4, 0.5) is 5.82 Å². The predicted octanol–water partition coefficient (Wildman–Crippen LogP) is 3.00. The lowest BCUT2D eigenvalue weighted by Crippen LogP contribution is -2.08. The molecular formula is C14H11ClN4O. The van der Waals surface area contributed by atoms with Gasteiger partial charge in [0.15, 0.2) is 11.0 Å². The number of hydrogen-bond acceptors (Lipinski definition) is 5. The lowest BCUT2D eigenvalue weighted by atomic mass is 10.1. The van der Waals surface area contributed by atoms with Crippen LogP contribution in [-0.4, -0.2) is 23.0 Å². The van der Waals surface area contributed by atoms with Gasteiger partial charge in [0.2, 0.25) is 0 Å². The Hall–Kier alpha value is -2.40. The van der Waals surface area contributed by atoms with E-state index in [1.807, 2.05) is 30.3 Å². The molecule has 0 amide bonds. The van der Waals surface area contributed by atoms with Crippen LogP contribution < -0.4 is 10.2 Å². The van der Waals surface area contributed by atoms with Crippen LogP contribution in [0.15, 0.2) is 47.1 Å². The number of fused-ring (bicyclic) bond motifs is 1. The molecule has 6 heteroatoms. The van der Waals surface area contributed by atoms with Crippen LogP contribution in [0.3, 0.4) is 0 Å². The summed E-state index contributed by atoms with van der Waals surface area (Å²) in [6.07, 6.45) is 3.74. The summed E-state index contributed by atoms with van der Waals surface area (Å²) < 4.78 is 5.62. The minimum Gasteiger partial charge on any atom is -0.488 e. The SMILES string of the molecule is Clc1ccc(NN=CC2=Cc3ccccc3OC2)nn1. The fourth-order valence-corrected chi connectivity index (χ4v) is 1.87. The number of benzene rings is 1. The largest absolute Gasteiger partial charge is 0.488 e. The number of aromatic nitrogens is 2. The van der Waals surface area contributed by atoms with Crippen molar-refractivity contribution in [3.05, 3.63) is 52.7 Å². The van der Waals surface area contributed by atoms with Crippen molar-refractivity contribution in [3.8, 4) is 5.75 Å². The first kappa shape index (κ1) is 12.6. The van der Waals surface area contributed by atoms with E-state index >= 15 is 0 Å². The second-order valence-electron chi connectivity index (χ2n) is 4.16. The molecule has 3 rings (SSSR count). The average Bonchev–Trinajstić information content (AvgIpc) is 2.49. The van der Waals surface area contributed by atoms with E-state index in [2.05, 4.69) is 20.7 Å². The number of ether oxygens (including phenoxy) is 1. The van der Waals surface area contributed by atoms with E-state index in [0.29, 0.717) is 17.6 Å². The van der Waals surface area contributed by atoms with E-state index in [0.717, 1.165) is 16.9 Å².